The summed E-state index contributed by atoms with van der Waals surface area (Å²) in [5.41, 5.74) is 2.54. The van der Waals surface area contributed by atoms with Gasteiger partial charge in [0, 0.05) is 11.6 Å². The minimum Gasteiger partial charge on any atom is -0.478 e. The Balaban J connectivity index is 2.08. The van der Waals surface area contributed by atoms with Crippen LogP contribution in [0.5, 0.6) is 0 Å². The third-order valence-corrected chi connectivity index (χ3v) is 3.54. The Kier molecular flexibility index (Phi) is 4.75. The zero-order chi connectivity index (χ0) is 15.4. The minimum absolute atomic E-state index is 0.179. The first-order valence-corrected chi connectivity index (χ1v) is 6.92. The van der Waals surface area contributed by atoms with E-state index in [2.05, 4.69) is 15.5 Å². The Morgan fingerprint density at radius 2 is 1.90 bits per heavy atom. The molecular formula is C15H16ClN3O2. The van der Waals surface area contributed by atoms with E-state index in [1.54, 1.807) is 13.8 Å². The quantitative estimate of drug-likeness (QED) is 0.888. The molecule has 0 fully saturated rings. The average molecular weight is 306 g/mol. The van der Waals surface area contributed by atoms with E-state index in [4.69, 9.17) is 11.6 Å². The van der Waals surface area contributed by atoms with Gasteiger partial charge in [0.1, 0.15) is 5.56 Å². The number of rotatable bonds is 5. The van der Waals surface area contributed by atoms with Gasteiger partial charge >= 0.3 is 5.97 Å². The van der Waals surface area contributed by atoms with E-state index in [-0.39, 0.29) is 5.56 Å². The normalized spacial score (nSPS) is 10.4. The molecular weight excluding hydrogens is 290 g/mol. The molecule has 0 aliphatic rings. The predicted octanol–water partition coefficient (Wildman–Crippen LogP) is 3.10. The standard InChI is InChI=1S/C15H16ClN3O2/c1-9-10(2)18-19-14(13(9)15(20)21)17-8-7-11-3-5-12(16)6-4-11/h3-6H,7-8H2,1-2H3,(H,17,19)(H,20,21). The van der Waals surface area contributed by atoms with Crippen molar-refractivity contribution in [1.82, 2.24) is 10.2 Å². The fraction of sp³-hybridized carbons (Fsp3) is 0.267. The van der Waals surface area contributed by atoms with Crippen molar-refractivity contribution < 1.29 is 9.90 Å². The predicted molar refractivity (Wildman–Crippen MR) is 82.1 cm³/mol. The molecule has 110 valence electrons. The molecule has 2 rings (SSSR count). The van der Waals surface area contributed by atoms with E-state index in [0.717, 1.165) is 12.0 Å². The van der Waals surface area contributed by atoms with Crippen LogP contribution in [0.2, 0.25) is 5.02 Å². The molecule has 2 N–H and O–H groups in total. The summed E-state index contributed by atoms with van der Waals surface area (Å²) < 4.78 is 0. The monoisotopic (exact) mass is 305 g/mol. The highest BCUT2D eigenvalue weighted by Crippen LogP contribution is 2.18. The molecule has 0 saturated heterocycles. The first-order valence-electron chi connectivity index (χ1n) is 6.54. The number of nitrogens with zero attached hydrogens (tertiary/aromatic N) is 2. The highest BCUT2D eigenvalue weighted by Gasteiger charge is 2.17. The fourth-order valence-electron chi connectivity index (χ4n) is 1.97. The summed E-state index contributed by atoms with van der Waals surface area (Å²) in [6.07, 6.45) is 0.741. The van der Waals surface area contributed by atoms with Gasteiger partial charge in [-0.05, 0) is 43.5 Å². The van der Waals surface area contributed by atoms with Crippen molar-refractivity contribution in [2.24, 2.45) is 0 Å². The summed E-state index contributed by atoms with van der Waals surface area (Å²) >= 11 is 5.83. The fourth-order valence-corrected chi connectivity index (χ4v) is 2.10. The van der Waals surface area contributed by atoms with Gasteiger partial charge < -0.3 is 10.4 Å². The van der Waals surface area contributed by atoms with Gasteiger partial charge in [0.15, 0.2) is 5.82 Å². The summed E-state index contributed by atoms with van der Waals surface area (Å²) in [7, 11) is 0. The van der Waals surface area contributed by atoms with E-state index in [0.29, 0.717) is 28.6 Å². The molecule has 0 radical (unpaired) electrons. The summed E-state index contributed by atoms with van der Waals surface area (Å²) in [5.74, 6) is -0.695. The highest BCUT2D eigenvalue weighted by atomic mass is 35.5. The Morgan fingerprint density at radius 3 is 2.52 bits per heavy atom. The first-order chi connectivity index (χ1) is 9.99. The van der Waals surface area contributed by atoms with E-state index in [1.807, 2.05) is 24.3 Å². The van der Waals surface area contributed by atoms with Gasteiger partial charge in [0.2, 0.25) is 0 Å². The van der Waals surface area contributed by atoms with Crippen LogP contribution in [0.3, 0.4) is 0 Å². The van der Waals surface area contributed by atoms with Crippen LogP contribution in [0.4, 0.5) is 5.82 Å². The van der Waals surface area contributed by atoms with Crippen LogP contribution in [0.1, 0.15) is 27.2 Å². The lowest BCUT2D eigenvalue weighted by Crippen LogP contribution is -2.14. The molecule has 1 aromatic carbocycles. The molecule has 0 aliphatic carbocycles. The van der Waals surface area contributed by atoms with Gasteiger partial charge in [-0.2, -0.15) is 5.10 Å². The van der Waals surface area contributed by atoms with E-state index >= 15 is 0 Å². The minimum atomic E-state index is -1.00. The maximum Gasteiger partial charge on any atom is 0.339 e. The lowest BCUT2D eigenvalue weighted by molar-refractivity contribution is 0.0696. The van der Waals surface area contributed by atoms with Gasteiger partial charge in [0.05, 0.1) is 5.69 Å². The Morgan fingerprint density at radius 1 is 1.24 bits per heavy atom. The lowest BCUT2D eigenvalue weighted by atomic mass is 10.1. The zero-order valence-electron chi connectivity index (χ0n) is 11.9. The topological polar surface area (TPSA) is 75.1 Å². The first kappa shape index (κ1) is 15.3. The van der Waals surface area contributed by atoms with Crippen molar-refractivity contribution in [1.29, 1.82) is 0 Å². The molecule has 2 aromatic rings. The Bertz CT molecular complexity index is 657. The van der Waals surface area contributed by atoms with Crippen molar-refractivity contribution in [3.63, 3.8) is 0 Å². The van der Waals surface area contributed by atoms with Crippen LogP contribution in [0.25, 0.3) is 0 Å². The SMILES string of the molecule is Cc1nnc(NCCc2ccc(Cl)cc2)c(C(=O)O)c1C. The molecule has 1 aromatic heterocycles. The molecule has 0 unspecified atom stereocenters. The van der Waals surface area contributed by atoms with Crippen LogP contribution in [0, 0.1) is 13.8 Å². The number of anilines is 1. The van der Waals surface area contributed by atoms with Crippen molar-refractivity contribution in [2.45, 2.75) is 20.3 Å². The van der Waals surface area contributed by atoms with Crippen LogP contribution >= 0.6 is 11.6 Å². The van der Waals surface area contributed by atoms with Gasteiger partial charge in [-0.3, -0.25) is 0 Å². The molecule has 0 spiro atoms. The molecule has 5 nitrogen and oxygen atoms in total. The maximum atomic E-state index is 11.3. The smallest absolute Gasteiger partial charge is 0.339 e. The number of aromatic nitrogens is 2. The molecule has 6 heteroatoms. The number of carbonyl (C=O) groups is 1. The van der Waals surface area contributed by atoms with Gasteiger partial charge in [-0.25, -0.2) is 4.79 Å². The highest BCUT2D eigenvalue weighted by molar-refractivity contribution is 6.30. The largest absolute Gasteiger partial charge is 0.478 e. The van der Waals surface area contributed by atoms with Crippen molar-refractivity contribution in [3.05, 3.63) is 51.7 Å². The Labute approximate surface area is 128 Å². The number of carboxylic acids is 1. The van der Waals surface area contributed by atoms with E-state index in [9.17, 15) is 9.90 Å². The van der Waals surface area contributed by atoms with Crippen molar-refractivity contribution in [3.8, 4) is 0 Å². The number of nitrogens with one attached hydrogen (secondary N) is 1. The number of aromatic carboxylic acids is 1. The number of hydrogen-bond donors (Lipinski definition) is 2. The van der Waals surface area contributed by atoms with E-state index in [1.165, 1.54) is 0 Å². The summed E-state index contributed by atoms with van der Waals surface area (Å²) in [6, 6.07) is 7.53. The second-order valence-electron chi connectivity index (χ2n) is 4.74. The third-order valence-electron chi connectivity index (χ3n) is 3.29. The maximum absolute atomic E-state index is 11.3. The van der Waals surface area contributed by atoms with Crippen LogP contribution in [0.15, 0.2) is 24.3 Å². The number of halogens is 1. The zero-order valence-corrected chi connectivity index (χ0v) is 12.6. The molecule has 21 heavy (non-hydrogen) atoms. The van der Waals surface area contributed by atoms with Crippen LogP contribution in [-0.2, 0) is 6.42 Å². The van der Waals surface area contributed by atoms with Crippen LogP contribution in [-0.4, -0.2) is 27.8 Å². The average Bonchev–Trinajstić information content (AvgIpc) is 2.44. The molecule has 0 saturated carbocycles. The number of aryl methyl sites for hydroxylation is 1. The molecule has 0 aliphatic heterocycles. The molecule has 0 atom stereocenters. The molecule has 1 heterocycles. The van der Waals surface area contributed by atoms with Crippen molar-refractivity contribution in [2.75, 3.05) is 11.9 Å². The number of hydrogen-bond acceptors (Lipinski definition) is 4. The summed E-state index contributed by atoms with van der Waals surface area (Å²) in [5, 5.41) is 20.9. The summed E-state index contributed by atoms with van der Waals surface area (Å²) in [6.45, 7) is 4.04. The number of carboxylic acid groups (broad SMARTS) is 1. The molecule has 0 amide bonds. The summed E-state index contributed by atoms with van der Waals surface area (Å²) in [4.78, 5) is 11.3. The van der Waals surface area contributed by atoms with Gasteiger partial charge in [-0.15, -0.1) is 5.10 Å². The number of benzene rings is 1. The molecule has 0 bridgehead atoms. The second kappa shape index (κ2) is 6.54. The third kappa shape index (κ3) is 3.70. The van der Waals surface area contributed by atoms with Gasteiger partial charge in [0.25, 0.3) is 0 Å². The lowest BCUT2D eigenvalue weighted by Gasteiger charge is -2.11. The van der Waals surface area contributed by atoms with Crippen molar-refractivity contribution >= 4 is 23.4 Å². The Hall–Kier alpha value is -2.14. The van der Waals surface area contributed by atoms with Gasteiger partial charge in [-0.1, -0.05) is 23.7 Å². The van der Waals surface area contributed by atoms with E-state index < -0.39 is 5.97 Å². The van der Waals surface area contributed by atoms with Crippen LogP contribution < -0.4 is 5.32 Å². The second-order valence-corrected chi connectivity index (χ2v) is 5.18.